The van der Waals surface area contributed by atoms with Crippen LogP contribution in [0.4, 0.5) is 0 Å². The summed E-state index contributed by atoms with van der Waals surface area (Å²) in [5, 5.41) is 23.2. The zero-order valence-corrected chi connectivity index (χ0v) is 20.5. The van der Waals surface area contributed by atoms with Crippen molar-refractivity contribution in [2.75, 3.05) is 39.5 Å². The highest BCUT2D eigenvalue weighted by Gasteiger charge is 2.28. The van der Waals surface area contributed by atoms with Crippen molar-refractivity contribution in [2.24, 2.45) is 0 Å². The Kier molecular flexibility index (Phi) is 6.46. The number of fused-ring (bicyclic) bond motifs is 4. The third-order valence-corrected chi connectivity index (χ3v) is 7.57. The first-order valence-corrected chi connectivity index (χ1v) is 13.1. The van der Waals surface area contributed by atoms with Crippen LogP contribution in [0.5, 0.6) is 17.2 Å². The van der Waals surface area contributed by atoms with Crippen molar-refractivity contribution in [3.05, 3.63) is 69.3 Å². The average molecular weight is 488 g/mol. The predicted octanol–water partition coefficient (Wildman–Crippen LogP) is 3.97. The van der Waals surface area contributed by atoms with Gasteiger partial charge in [-0.1, -0.05) is 24.6 Å². The number of hydrogen-bond donors (Lipinski definition) is 2. The Hall–Kier alpha value is -3.22. The minimum atomic E-state index is -0.138. The molecule has 0 bridgehead atoms. The van der Waals surface area contributed by atoms with Gasteiger partial charge in [-0.3, -0.25) is 4.90 Å². The number of hydrogen-bond acceptors (Lipinski definition) is 6. The number of allylic oxidation sites excluding steroid dienone is 1. The van der Waals surface area contributed by atoms with Crippen LogP contribution in [0, 0.1) is 0 Å². The Balaban J connectivity index is 1.20. The molecule has 0 spiro atoms. The average Bonchev–Trinajstić information content (AvgIpc) is 3.05. The highest BCUT2D eigenvalue weighted by Crippen LogP contribution is 2.37. The van der Waals surface area contributed by atoms with Crippen molar-refractivity contribution >= 4 is 17.7 Å². The molecule has 2 saturated heterocycles. The maximum atomic E-state index is 10.9. The van der Waals surface area contributed by atoms with Gasteiger partial charge in [-0.15, -0.1) is 0 Å². The SMILES string of the molecule is OC1=Cc2c3c(cc(O)c2=C2COC(c4ccc(OCCN5CCCCC5)cc4)CC2=C1)=CCCO3. The summed E-state index contributed by atoms with van der Waals surface area (Å²) < 4.78 is 18.2. The molecule has 6 heteroatoms. The van der Waals surface area contributed by atoms with Gasteiger partial charge in [-0.2, -0.15) is 0 Å². The Morgan fingerprint density at radius 1 is 1.03 bits per heavy atom. The molecule has 3 aliphatic heterocycles. The fourth-order valence-corrected chi connectivity index (χ4v) is 5.71. The number of aliphatic hydroxyl groups excluding tert-OH is 1. The molecule has 2 aromatic rings. The van der Waals surface area contributed by atoms with Crippen LogP contribution in [0.2, 0.25) is 0 Å². The van der Waals surface area contributed by atoms with Crippen LogP contribution in [0.3, 0.4) is 0 Å². The van der Waals surface area contributed by atoms with Crippen LogP contribution in [0.15, 0.2) is 47.7 Å². The lowest BCUT2D eigenvalue weighted by Crippen LogP contribution is -2.33. The van der Waals surface area contributed by atoms with Gasteiger partial charge in [-0.25, -0.2) is 0 Å². The van der Waals surface area contributed by atoms with Crippen molar-refractivity contribution in [1.29, 1.82) is 0 Å². The first kappa shape index (κ1) is 23.2. The third kappa shape index (κ3) is 4.63. The highest BCUT2D eigenvalue weighted by molar-refractivity contribution is 5.78. The number of phenolic OH excluding ortho intramolecular Hbond substituents is 1. The number of benzene rings is 2. The molecule has 2 fully saturated rings. The molecular weight excluding hydrogens is 454 g/mol. The molecule has 1 aliphatic carbocycles. The van der Waals surface area contributed by atoms with Crippen molar-refractivity contribution in [1.82, 2.24) is 4.90 Å². The first-order chi connectivity index (χ1) is 17.7. The molecule has 0 aromatic heterocycles. The fraction of sp³-hybridized carbons (Fsp3) is 0.400. The molecule has 6 nitrogen and oxygen atoms in total. The van der Waals surface area contributed by atoms with Gasteiger partial charge in [0.05, 0.1) is 19.3 Å². The van der Waals surface area contributed by atoms with Gasteiger partial charge in [0, 0.05) is 35.4 Å². The van der Waals surface area contributed by atoms with E-state index < -0.39 is 0 Å². The number of phenols is 1. The third-order valence-electron chi connectivity index (χ3n) is 7.57. The topological polar surface area (TPSA) is 71.4 Å². The van der Waals surface area contributed by atoms with E-state index in [1.807, 2.05) is 12.1 Å². The van der Waals surface area contributed by atoms with Crippen LogP contribution in [-0.2, 0) is 4.74 Å². The molecular formula is C30H33NO5. The number of aliphatic hydroxyl groups is 1. The molecule has 1 unspecified atom stereocenters. The molecule has 6 rings (SSSR count). The van der Waals surface area contributed by atoms with E-state index in [-0.39, 0.29) is 17.6 Å². The Morgan fingerprint density at radius 2 is 1.86 bits per heavy atom. The summed E-state index contributed by atoms with van der Waals surface area (Å²) in [7, 11) is 0. The predicted molar refractivity (Wildman–Crippen MR) is 140 cm³/mol. The second-order valence-corrected chi connectivity index (χ2v) is 9.98. The van der Waals surface area contributed by atoms with Gasteiger partial charge in [-0.05, 0) is 73.0 Å². The zero-order valence-electron chi connectivity index (χ0n) is 20.5. The number of aromatic hydroxyl groups is 1. The summed E-state index contributed by atoms with van der Waals surface area (Å²) >= 11 is 0. The van der Waals surface area contributed by atoms with Gasteiger partial charge >= 0.3 is 0 Å². The van der Waals surface area contributed by atoms with Crippen molar-refractivity contribution in [3.63, 3.8) is 0 Å². The summed E-state index contributed by atoms with van der Waals surface area (Å²) in [6.45, 7) is 4.95. The maximum Gasteiger partial charge on any atom is 0.134 e. The van der Waals surface area contributed by atoms with Crippen molar-refractivity contribution in [2.45, 2.75) is 38.2 Å². The normalized spacial score (nSPS) is 21.6. The fourth-order valence-electron chi connectivity index (χ4n) is 5.71. The molecule has 188 valence electrons. The van der Waals surface area contributed by atoms with Crippen LogP contribution in [-0.4, -0.2) is 54.6 Å². The zero-order chi connectivity index (χ0) is 24.5. The Bertz CT molecular complexity index is 1320. The first-order valence-electron chi connectivity index (χ1n) is 13.1. The number of piperidine rings is 1. The quantitative estimate of drug-likeness (QED) is 0.665. The summed E-state index contributed by atoms with van der Waals surface area (Å²) in [5.74, 6) is 1.92. The van der Waals surface area contributed by atoms with E-state index in [9.17, 15) is 10.2 Å². The Morgan fingerprint density at radius 3 is 2.69 bits per heavy atom. The lowest BCUT2D eigenvalue weighted by Gasteiger charge is -2.28. The molecule has 0 amide bonds. The number of ether oxygens (including phenoxy) is 3. The molecule has 0 radical (unpaired) electrons. The van der Waals surface area contributed by atoms with Crippen LogP contribution in [0.25, 0.3) is 17.7 Å². The molecule has 2 N–H and O–H groups in total. The monoisotopic (exact) mass is 487 g/mol. The van der Waals surface area contributed by atoms with Gasteiger partial charge in [0.2, 0.25) is 0 Å². The molecule has 0 saturated carbocycles. The van der Waals surface area contributed by atoms with E-state index >= 15 is 0 Å². The largest absolute Gasteiger partial charge is 0.508 e. The molecule has 1 atom stereocenters. The van der Waals surface area contributed by atoms with E-state index in [0.717, 1.165) is 40.6 Å². The van der Waals surface area contributed by atoms with E-state index in [1.165, 1.54) is 32.4 Å². The van der Waals surface area contributed by atoms with Crippen molar-refractivity contribution < 1.29 is 24.4 Å². The smallest absolute Gasteiger partial charge is 0.134 e. The van der Waals surface area contributed by atoms with Crippen molar-refractivity contribution in [3.8, 4) is 17.2 Å². The molecule has 2 aromatic carbocycles. The molecule has 3 heterocycles. The minimum absolute atomic E-state index is 0.138. The van der Waals surface area contributed by atoms with Gasteiger partial charge in [0.15, 0.2) is 0 Å². The lowest BCUT2D eigenvalue weighted by molar-refractivity contribution is 0.0672. The number of rotatable bonds is 5. The summed E-state index contributed by atoms with van der Waals surface area (Å²) in [4.78, 5) is 2.47. The van der Waals surface area contributed by atoms with E-state index in [0.29, 0.717) is 42.8 Å². The second kappa shape index (κ2) is 10.0. The molecule has 36 heavy (non-hydrogen) atoms. The maximum absolute atomic E-state index is 10.9. The van der Waals surface area contributed by atoms with Crippen LogP contribution >= 0.6 is 0 Å². The van der Waals surface area contributed by atoms with Crippen LogP contribution < -0.4 is 19.9 Å². The Labute approximate surface area is 211 Å². The van der Waals surface area contributed by atoms with E-state index in [2.05, 4.69) is 23.1 Å². The minimum Gasteiger partial charge on any atom is -0.508 e. The van der Waals surface area contributed by atoms with E-state index in [4.69, 9.17) is 14.2 Å². The second-order valence-electron chi connectivity index (χ2n) is 9.98. The lowest BCUT2D eigenvalue weighted by atomic mass is 9.91. The summed E-state index contributed by atoms with van der Waals surface area (Å²) in [5.41, 5.74) is 3.65. The van der Waals surface area contributed by atoms with Gasteiger partial charge in [0.1, 0.15) is 29.6 Å². The number of likely N-dealkylation sites (tertiary alicyclic amines) is 1. The highest BCUT2D eigenvalue weighted by atomic mass is 16.5. The molecule has 4 aliphatic rings. The van der Waals surface area contributed by atoms with Gasteiger partial charge < -0.3 is 24.4 Å². The standard InChI is InChI=1S/C30H33NO5/c32-23-15-22-17-28(20-6-8-24(9-7-20)34-14-12-31-10-2-1-3-11-31)36-19-26(22)29-25(18-23)30-21(16-27(29)33)5-4-13-35-30/h5-9,15-16,18,28,32-33H,1-4,10-14,17,19H2. The van der Waals surface area contributed by atoms with Gasteiger partial charge in [0.25, 0.3) is 0 Å². The van der Waals surface area contributed by atoms with E-state index in [1.54, 1.807) is 18.2 Å². The van der Waals surface area contributed by atoms with Crippen LogP contribution in [0.1, 0.15) is 49.3 Å². The number of nitrogens with zero attached hydrogens (tertiary/aromatic N) is 1. The summed E-state index contributed by atoms with van der Waals surface area (Å²) in [6.07, 6.45) is 10.7. The summed E-state index contributed by atoms with van der Waals surface area (Å²) in [6, 6.07) is 9.89.